The van der Waals surface area contributed by atoms with Gasteiger partial charge in [0.15, 0.2) is 15.6 Å². The number of fused-ring (bicyclic) bond motifs is 2. The van der Waals surface area contributed by atoms with Gasteiger partial charge < -0.3 is 19.7 Å². The van der Waals surface area contributed by atoms with E-state index in [9.17, 15) is 13.2 Å². The van der Waals surface area contributed by atoms with E-state index in [4.69, 9.17) is 9.47 Å². The number of carbonyl (C=O) groups excluding carboxylic acids is 1. The van der Waals surface area contributed by atoms with Crippen molar-refractivity contribution in [3.8, 4) is 0 Å². The number of rotatable bonds is 11. The molecule has 9 nitrogen and oxygen atoms in total. The van der Waals surface area contributed by atoms with Gasteiger partial charge in [-0.25, -0.2) is 8.42 Å². The van der Waals surface area contributed by atoms with Gasteiger partial charge in [-0.3, -0.25) is 14.8 Å². The van der Waals surface area contributed by atoms with Crippen LogP contribution in [0.2, 0.25) is 0 Å². The predicted octanol–water partition coefficient (Wildman–Crippen LogP) is 3.30. The molecule has 4 heterocycles. The fourth-order valence-electron chi connectivity index (χ4n) is 4.56. The molecule has 0 aromatic carbocycles. The minimum atomic E-state index is -3.45. The van der Waals surface area contributed by atoms with Crippen molar-refractivity contribution in [3.63, 3.8) is 0 Å². The zero-order valence-corrected chi connectivity index (χ0v) is 22.2. The molecule has 10 heteroatoms. The lowest BCUT2D eigenvalue weighted by Gasteiger charge is -2.31. The van der Waals surface area contributed by atoms with Gasteiger partial charge in [0.1, 0.15) is 5.76 Å². The first-order chi connectivity index (χ1) is 18.0. The Morgan fingerprint density at radius 1 is 1.24 bits per heavy atom. The van der Waals surface area contributed by atoms with Gasteiger partial charge in [-0.1, -0.05) is 13.0 Å². The van der Waals surface area contributed by atoms with Crippen LogP contribution in [-0.4, -0.2) is 68.5 Å². The number of allylic oxidation sites excluding steroid dienone is 3. The minimum Gasteiger partial charge on any atom is -0.454 e. The largest absolute Gasteiger partial charge is 0.454 e. The molecule has 0 saturated carbocycles. The summed E-state index contributed by atoms with van der Waals surface area (Å²) in [7, 11) is -3.45. The molecule has 0 aliphatic carbocycles. The topological polar surface area (TPSA) is 110 Å². The SMILES string of the molecule is CCCOCCCN1CCC(S(=O)(=O)c2ccc(CNC(=O)C3=CC4=CCC=NC=C(C4)O3)nc2)CC1. The summed E-state index contributed by atoms with van der Waals surface area (Å²) in [6.45, 7) is 6.27. The fourth-order valence-corrected chi connectivity index (χ4v) is 6.23. The zero-order chi connectivity index (χ0) is 26.1. The van der Waals surface area contributed by atoms with Gasteiger partial charge in [-0.2, -0.15) is 0 Å². The Kier molecular flexibility index (Phi) is 9.65. The van der Waals surface area contributed by atoms with Crippen LogP contribution in [0.1, 0.15) is 51.1 Å². The molecule has 0 radical (unpaired) electrons. The van der Waals surface area contributed by atoms with Crippen LogP contribution in [-0.2, 0) is 30.7 Å². The van der Waals surface area contributed by atoms with Crippen molar-refractivity contribution < 1.29 is 22.7 Å². The van der Waals surface area contributed by atoms with Gasteiger partial charge in [0.2, 0.25) is 0 Å². The molecule has 3 aliphatic heterocycles. The molecular weight excluding hydrogens is 492 g/mol. The van der Waals surface area contributed by atoms with Crippen molar-refractivity contribution >= 4 is 22.0 Å². The number of sulfone groups is 1. The summed E-state index contributed by atoms with van der Waals surface area (Å²) in [6, 6.07) is 3.24. The number of likely N-dealkylation sites (tertiary alicyclic amines) is 1. The summed E-state index contributed by atoms with van der Waals surface area (Å²) in [6.07, 6.45) is 13.1. The number of hydrogen-bond donors (Lipinski definition) is 1. The van der Waals surface area contributed by atoms with E-state index in [2.05, 4.69) is 27.1 Å². The van der Waals surface area contributed by atoms with Crippen LogP contribution in [0, 0.1) is 0 Å². The lowest BCUT2D eigenvalue weighted by atomic mass is 10.1. The Hall–Kier alpha value is -2.82. The standard InChI is InChI=1S/C27H36N4O5S/c1-2-14-35-15-4-11-31-12-8-24(9-13-31)37(33,34)25-7-6-22(29-20-25)18-30-27(32)26-17-21-5-3-10-28-19-23(16-21)36-26/h5-7,10,17,19-20,24H,2-4,8-9,11-16,18H2,1H3,(H,30,32). The van der Waals surface area contributed by atoms with E-state index in [0.29, 0.717) is 37.1 Å². The fraction of sp³-hybridized carbons (Fsp3) is 0.519. The van der Waals surface area contributed by atoms with Gasteiger partial charge in [0.25, 0.3) is 5.91 Å². The van der Waals surface area contributed by atoms with Crippen molar-refractivity contribution in [2.24, 2.45) is 4.99 Å². The van der Waals surface area contributed by atoms with E-state index < -0.39 is 15.1 Å². The van der Waals surface area contributed by atoms with Crippen LogP contribution in [0.25, 0.3) is 0 Å². The van der Waals surface area contributed by atoms with Crippen LogP contribution in [0.4, 0.5) is 0 Å². The number of amides is 1. The lowest BCUT2D eigenvalue weighted by Crippen LogP contribution is -2.40. The van der Waals surface area contributed by atoms with E-state index in [-0.39, 0.29) is 23.1 Å². The Labute approximate surface area is 219 Å². The van der Waals surface area contributed by atoms with Crippen molar-refractivity contribution in [1.29, 1.82) is 0 Å². The Morgan fingerprint density at radius 3 is 2.84 bits per heavy atom. The van der Waals surface area contributed by atoms with Crippen molar-refractivity contribution in [3.05, 3.63) is 59.5 Å². The number of ether oxygens (including phenoxy) is 2. The van der Waals surface area contributed by atoms with Gasteiger partial charge in [0.05, 0.1) is 28.6 Å². The van der Waals surface area contributed by atoms with Gasteiger partial charge in [-0.05, 0) is 62.6 Å². The number of hydrogen-bond acceptors (Lipinski definition) is 8. The maximum Gasteiger partial charge on any atom is 0.287 e. The van der Waals surface area contributed by atoms with Crippen molar-refractivity contribution in [1.82, 2.24) is 15.2 Å². The van der Waals surface area contributed by atoms with E-state index in [1.165, 1.54) is 6.20 Å². The van der Waals surface area contributed by atoms with Crippen LogP contribution in [0.15, 0.2) is 63.7 Å². The Bertz CT molecular complexity index is 1160. The molecule has 2 bridgehead atoms. The number of pyridine rings is 1. The molecule has 1 aromatic heterocycles. The molecule has 0 atom stereocenters. The van der Waals surface area contributed by atoms with E-state index in [1.54, 1.807) is 30.6 Å². The molecule has 0 unspecified atom stereocenters. The summed E-state index contributed by atoms with van der Waals surface area (Å²) in [5, 5.41) is 2.40. The Morgan fingerprint density at radius 2 is 2.08 bits per heavy atom. The highest BCUT2D eigenvalue weighted by atomic mass is 32.2. The maximum absolute atomic E-state index is 13.2. The van der Waals surface area contributed by atoms with Gasteiger partial charge >= 0.3 is 0 Å². The van der Waals surface area contributed by atoms with Crippen LogP contribution >= 0.6 is 0 Å². The van der Waals surface area contributed by atoms with Gasteiger partial charge in [-0.15, -0.1) is 0 Å². The first-order valence-electron chi connectivity index (χ1n) is 13.0. The average Bonchev–Trinajstić information content (AvgIpc) is 2.91. The highest BCUT2D eigenvalue weighted by Gasteiger charge is 2.31. The monoisotopic (exact) mass is 528 g/mol. The number of aliphatic imine (C=N–C) groups is 1. The quantitative estimate of drug-likeness (QED) is 0.439. The molecule has 1 amide bonds. The van der Waals surface area contributed by atoms with E-state index in [0.717, 1.165) is 51.3 Å². The predicted molar refractivity (Wildman–Crippen MR) is 142 cm³/mol. The minimum absolute atomic E-state index is 0.163. The molecule has 1 fully saturated rings. The summed E-state index contributed by atoms with van der Waals surface area (Å²) in [5.74, 6) is 0.470. The lowest BCUT2D eigenvalue weighted by molar-refractivity contribution is -0.120. The van der Waals surface area contributed by atoms with E-state index >= 15 is 0 Å². The molecule has 200 valence electrons. The molecule has 1 aromatic rings. The number of aromatic nitrogens is 1. The number of piperidine rings is 1. The normalized spacial score (nSPS) is 18.7. The highest BCUT2D eigenvalue weighted by molar-refractivity contribution is 7.92. The third kappa shape index (κ3) is 7.59. The third-order valence-electron chi connectivity index (χ3n) is 6.61. The van der Waals surface area contributed by atoms with E-state index in [1.807, 2.05) is 6.08 Å². The molecule has 0 spiro atoms. The second-order valence-electron chi connectivity index (χ2n) is 9.45. The number of nitrogens with zero attached hydrogens (tertiary/aromatic N) is 3. The molecule has 3 aliphatic rings. The molecule has 1 N–H and O–H groups in total. The van der Waals surface area contributed by atoms with Gasteiger partial charge in [0, 0.05) is 45.0 Å². The summed E-state index contributed by atoms with van der Waals surface area (Å²) in [5.41, 5.74) is 1.58. The summed E-state index contributed by atoms with van der Waals surface area (Å²) >= 11 is 0. The first-order valence-corrected chi connectivity index (χ1v) is 14.6. The van der Waals surface area contributed by atoms with Crippen LogP contribution < -0.4 is 5.32 Å². The van der Waals surface area contributed by atoms with Crippen molar-refractivity contribution in [2.45, 2.75) is 62.1 Å². The Balaban J connectivity index is 1.26. The average molecular weight is 529 g/mol. The van der Waals surface area contributed by atoms with Crippen LogP contribution in [0.5, 0.6) is 0 Å². The van der Waals surface area contributed by atoms with Crippen molar-refractivity contribution in [2.75, 3.05) is 32.8 Å². The van der Waals surface area contributed by atoms with Crippen LogP contribution in [0.3, 0.4) is 0 Å². The second-order valence-corrected chi connectivity index (χ2v) is 11.7. The third-order valence-corrected chi connectivity index (χ3v) is 8.86. The summed E-state index contributed by atoms with van der Waals surface area (Å²) in [4.78, 5) is 23.6. The maximum atomic E-state index is 13.2. The number of nitrogens with one attached hydrogen (secondary N) is 1. The molecular formula is C27H36N4O5S. The zero-order valence-electron chi connectivity index (χ0n) is 21.4. The molecule has 4 rings (SSSR count). The second kappa shape index (κ2) is 13.1. The number of carbonyl (C=O) groups is 1. The summed E-state index contributed by atoms with van der Waals surface area (Å²) < 4.78 is 37.5. The smallest absolute Gasteiger partial charge is 0.287 e. The molecule has 37 heavy (non-hydrogen) atoms. The highest BCUT2D eigenvalue weighted by Crippen LogP contribution is 2.27. The molecule has 1 saturated heterocycles. The first kappa shape index (κ1) is 27.2.